The number of nitrogen functional groups attached to an aromatic ring is 1. The van der Waals surface area contributed by atoms with Crippen LogP contribution >= 0.6 is 0 Å². The molecule has 0 spiro atoms. The van der Waals surface area contributed by atoms with Crippen LogP contribution in [0.5, 0.6) is 5.75 Å². The molecule has 3 saturated heterocycles. The van der Waals surface area contributed by atoms with Crippen LogP contribution in [-0.4, -0.2) is 56.3 Å². The first-order valence-corrected chi connectivity index (χ1v) is 12.0. The van der Waals surface area contributed by atoms with Gasteiger partial charge in [0.15, 0.2) is 5.82 Å². The second kappa shape index (κ2) is 8.77. The number of aromatic nitrogens is 4. The van der Waals surface area contributed by atoms with Crippen LogP contribution in [0.25, 0.3) is 16.6 Å². The maximum Gasteiger partial charge on any atom is 0.164 e. The number of fused-ring (bicyclic) bond motifs is 3. The van der Waals surface area contributed by atoms with Gasteiger partial charge in [0, 0.05) is 49.0 Å². The zero-order valence-corrected chi connectivity index (χ0v) is 19.8. The lowest BCUT2D eigenvalue weighted by Crippen LogP contribution is -2.68. The second-order valence-electron chi connectivity index (χ2n) is 9.18. The molecular weight excluding hydrogens is 459 g/mol. The molecule has 4 aromatic heterocycles. The average molecular weight is 485 g/mol. The van der Waals surface area contributed by atoms with Gasteiger partial charge in [-0.1, -0.05) is 0 Å². The van der Waals surface area contributed by atoms with Crippen LogP contribution in [0.1, 0.15) is 24.6 Å². The fourth-order valence-corrected chi connectivity index (χ4v) is 5.30. The van der Waals surface area contributed by atoms with Crippen molar-refractivity contribution in [3.8, 4) is 22.9 Å². The molecule has 7 heterocycles. The van der Waals surface area contributed by atoms with Crippen molar-refractivity contribution < 1.29 is 9.13 Å². The third-order valence-corrected chi connectivity index (χ3v) is 7.01. The lowest BCUT2D eigenvalue weighted by molar-refractivity contribution is -0.00970. The highest BCUT2D eigenvalue weighted by atomic mass is 19.1. The minimum Gasteiger partial charge on any atom is -0.492 e. The van der Waals surface area contributed by atoms with Gasteiger partial charge in [-0.2, -0.15) is 5.26 Å². The molecule has 10 heteroatoms. The first kappa shape index (κ1) is 22.2. The molecule has 0 aliphatic carbocycles. The minimum atomic E-state index is -0.311. The summed E-state index contributed by atoms with van der Waals surface area (Å²) in [5.41, 5.74) is 9.51. The van der Waals surface area contributed by atoms with Crippen LogP contribution < -0.4 is 15.4 Å². The number of hydrogen-bond acceptors (Lipinski definition) is 8. The molecule has 3 aliphatic heterocycles. The molecule has 0 radical (unpaired) electrons. The number of piperidine rings is 1. The standard InChI is InChI=1S/C26H25FN8O/c1-2-36-21-8-22(25-23(9-28)26(29)32-35(25)15-21)16-3-6-24(31-10-16)33-13-19-7-20(14-33)34(19)12-18-5-4-17(27)11-30-18/h3-6,8,10-11,15,19-20H,2,7,12-14H2,1H3,(H2,29,32). The van der Waals surface area contributed by atoms with Crippen molar-refractivity contribution in [2.45, 2.75) is 32.0 Å². The maximum absolute atomic E-state index is 13.2. The predicted molar refractivity (Wildman–Crippen MR) is 133 cm³/mol. The molecule has 0 saturated carbocycles. The summed E-state index contributed by atoms with van der Waals surface area (Å²) in [5.74, 6) is 1.43. The number of halogens is 1. The van der Waals surface area contributed by atoms with Crippen molar-refractivity contribution in [3.05, 3.63) is 66.0 Å². The lowest BCUT2D eigenvalue weighted by atomic mass is 9.87. The van der Waals surface area contributed by atoms with E-state index in [9.17, 15) is 9.65 Å². The molecule has 2 unspecified atom stereocenters. The van der Waals surface area contributed by atoms with Gasteiger partial charge < -0.3 is 15.4 Å². The average Bonchev–Trinajstić information content (AvgIpc) is 3.22. The Hall–Kier alpha value is -4.23. The van der Waals surface area contributed by atoms with E-state index in [1.807, 2.05) is 31.3 Å². The molecule has 3 aliphatic rings. The first-order valence-electron chi connectivity index (χ1n) is 12.0. The Balaban J connectivity index is 1.23. The first-order chi connectivity index (χ1) is 17.5. The number of anilines is 2. The van der Waals surface area contributed by atoms with Crippen LogP contribution in [0.4, 0.5) is 16.0 Å². The zero-order valence-electron chi connectivity index (χ0n) is 19.8. The van der Waals surface area contributed by atoms with Gasteiger partial charge in [-0.25, -0.2) is 13.9 Å². The molecule has 36 heavy (non-hydrogen) atoms. The molecule has 9 nitrogen and oxygen atoms in total. The molecule has 2 atom stereocenters. The van der Waals surface area contributed by atoms with Crippen LogP contribution in [0.15, 0.2) is 48.9 Å². The van der Waals surface area contributed by atoms with Gasteiger partial charge in [0.1, 0.15) is 29.0 Å². The highest BCUT2D eigenvalue weighted by Gasteiger charge is 2.44. The van der Waals surface area contributed by atoms with Crippen molar-refractivity contribution in [3.63, 3.8) is 0 Å². The van der Waals surface area contributed by atoms with E-state index < -0.39 is 0 Å². The molecule has 0 aromatic carbocycles. The van der Waals surface area contributed by atoms with Gasteiger partial charge in [-0.05, 0) is 43.7 Å². The Labute approximate surface area is 207 Å². The van der Waals surface area contributed by atoms with E-state index >= 15 is 0 Å². The largest absolute Gasteiger partial charge is 0.492 e. The quantitative estimate of drug-likeness (QED) is 0.444. The van der Waals surface area contributed by atoms with Gasteiger partial charge in [0.05, 0.1) is 30.2 Å². The van der Waals surface area contributed by atoms with Crippen molar-refractivity contribution in [2.75, 3.05) is 30.3 Å². The van der Waals surface area contributed by atoms with E-state index in [-0.39, 0.29) is 11.6 Å². The summed E-state index contributed by atoms with van der Waals surface area (Å²) < 4.78 is 20.5. The van der Waals surface area contributed by atoms with Crippen LogP contribution in [0, 0.1) is 17.1 Å². The van der Waals surface area contributed by atoms with Crippen LogP contribution in [0.3, 0.4) is 0 Å². The van der Waals surface area contributed by atoms with Crippen molar-refractivity contribution in [2.24, 2.45) is 0 Å². The summed E-state index contributed by atoms with van der Waals surface area (Å²) in [4.78, 5) is 13.7. The van der Waals surface area contributed by atoms with Crippen LogP contribution in [0.2, 0.25) is 0 Å². The van der Waals surface area contributed by atoms with E-state index in [0.29, 0.717) is 35.5 Å². The number of rotatable bonds is 6. The monoisotopic (exact) mass is 484 g/mol. The van der Waals surface area contributed by atoms with E-state index in [1.165, 1.54) is 12.3 Å². The fraction of sp³-hybridized carbons (Fsp3) is 0.308. The third-order valence-electron chi connectivity index (χ3n) is 7.01. The highest BCUT2D eigenvalue weighted by Crippen LogP contribution is 2.37. The number of nitriles is 1. The summed E-state index contributed by atoms with van der Waals surface area (Å²) in [6.45, 7) is 4.92. The third kappa shape index (κ3) is 3.78. The second-order valence-corrected chi connectivity index (χ2v) is 9.18. The van der Waals surface area contributed by atoms with E-state index in [1.54, 1.807) is 16.8 Å². The summed E-state index contributed by atoms with van der Waals surface area (Å²) in [7, 11) is 0. The molecule has 3 fully saturated rings. The van der Waals surface area contributed by atoms with Crippen molar-refractivity contribution in [1.82, 2.24) is 24.5 Å². The number of nitrogens with two attached hydrogens (primary N) is 1. The predicted octanol–water partition coefficient (Wildman–Crippen LogP) is 3.25. The van der Waals surface area contributed by atoms with Gasteiger partial charge >= 0.3 is 0 Å². The normalized spacial score (nSPS) is 19.2. The smallest absolute Gasteiger partial charge is 0.164 e. The maximum atomic E-state index is 13.2. The Bertz CT molecular complexity index is 1450. The van der Waals surface area contributed by atoms with Gasteiger partial charge in [-0.3, -0.25) is 9.88 Å². The highest BCUT2D eigenvalue weighted by molar-refractivity contribution is 5.88. The Morgan fingerprint density at radius 2 is 2.00 bits per heavy atom. The van der Waals surface area contributed by atoms with E-state index in [4.69, 9.17) is 15.5 Å². The fourth-order valence-electron chi connectivity index (χ4n) is 5.30. The van der Waals surface area contributed by atoms with E-state index in [2.05, 4.69) is 26.0 Å². The van der Waals surface area contributed by atoms with Crippen molar-refractivity contribution in [1.29, 1.82) is 5.26 Å². The SMILES string of the molecule is CCOc1cc(-c2ccc(N3CC4CC(C3)N4Cc3ccc(F)cn3)nc2)c2c(C#N)c(N)nn2c1. The number of hydrogen-bond donors (Lipinski definition) is 1. The van der Waals surface area contributed by atoms with Crippen molar-refractivity contribution >= 4 is 17.2 Å². The Morgan fingerprint density at radius 3 is 2.67 bits per heavy atom. The number of nitrogens with zero attached hydrogens (tertiary/aromatic N) is 7. The Morgan fingerprint density at radius 1 is 1.17 bits per heavy atom. The molecule has 182 valence electrons. The minimum absolute atomic E-state index is 0.185. The topological polar surface area (TPSA) is 109 Å². The van der Waals surface area contributed by atoms with Gasteiger partial charge in [0.2, 0.25) is 0 Å². The summed E-state index contributed by atoms with van der Waals surface area (Å²) in [6, 6.07) is 12.2. The zero-order chi connectivity index (χ0) is 24.8. The number of ether oxygens (including phenoxy) is 1. The van der Waals surface area contributed by atoms with E-state index in [0.717, 1.165) is 48.7 Å². The molecule has 0 amide bonds. The van der Waals surface area contributed by atoms with Crippen LogP contribution in [-0.2, 0) is 6.54 Å². The molecule has 4 aromatic rings. The molecular formula is C26H25FN8O. The number of piperazine rings is 1. The summed E-state index contributed by atoms with van der Waals surface area (Å²) >= 11 is 0. The lowest BCUT2D eigenvalue weighted by Gasteiger charge is -2.56. The summed E-state index contributed by atoms with van der Waals surface area (Å²) in [5, 5.41) is 14.0. The molecule has 7 rings (SSSR count). The summed E-state index contributed by atoms with van der Waals surface area (Å²) in [6.07, 6.45) is 5.98. The van der Waals surface area contributed by atoms with Gasteiger partial charge in [-0.15, -0.1) is 5.10 Å². The van der Waals surface area contributed by atoms with Gasteiger partial charge in [0.25, 0.3) is 0 Å². The Kier molecular flexibility index (Phi) is 5.42. The molecule has 2 bridgehead atoms. The number of pyridine rings is 3. The molecule has 2 N–H and O–H groups in total.